The number of carbonyl (C=O) groups excluding carboxylic acids is 2. The molecular formula is C24H25N3O3. The SMILES string of the molecule is Cc1ccc(C)n1NC(=O)c1ccc(OCC(=O)N2c3ccccc3C[C@H]2C)cc1. The fraction of sp³-hybridized carbons (Fsp3) is 0.250. The molecule has 3 aromatic rings. The second kappa shape index (κ2) is 8.06. The average Bonchev–Trinajstić information content (AvgIpc) is 3.25. The first kappa shape index (κ1) is 19.8. The lowest BCUT2D eigenvalue weighted by Gasteiger charge is -2.22. The van der Waals surface area contributed by atoms with E-state index in [1.165, 1.54) is 5.56 Å². The Bertz CT molecular complexity index is 1070. The Morgan fingerprint density at radius 2 is 1.67 bits per heavy atom. The van der Waals surface area contributed by atoms with Crippen molar-refractivity contribution < 1.29 is 14.3 Å². The summed E-state index contributed by atoms with van der Waals surface area (Å²) in [5.41, 5.74) is 7.44. The van der Waals surface area contributed by atoms with Gasteiger partial charge >= 0.3 is 0 Å². The molecule has 30 heavy (non-hydrogen) atoms. The van der Waals surface area contributed by atoms with E-state index in [0.29, 0.717) is 11.3 Å². The fourth-order valence-electron chi connectivity index (χ4n) is 3.87. The number of nitrogens with one attached hydrogen (secondary N) is 1. The van der Waals surface area contributed by atoms with Gasteiger partial charge in [0.25, 0.3) is 11.8 Å². The van der Waals surface area contributed by atoms with Crippen molar-refractivity contribution in [1.29, 1.82) is 0 Å². The molecule has 1 atom stereocenters. The summed E-state index contributed by atoms with van der Waals surface area (Å²) in [4.78, 5) is 27.0. The number of benzene rings is 2. The summed E-state index contributed by atoms with van der Waals surface area (Å²) in [7, 11) is 0. The smallest absolute Gasteiger partial charge is 0.270 e. The summed E-state index contributed by atoms with van der Waals surface area (Å²) in [6, 6.07) is 18.8. The maximum atomic E-state index is 12.7. The van der Waals surface area contributed by atoms with Gasteiger partial charge < -0.3 is 9.64 Å². The van der Waals surface area contributed by atoms with Crippen LogP contribution in [0.15, 0.2) is 60.7 Å². The topological polar surface area (TPSA) is 63.6 Å². The molecule has 1 aliphatic heterocycles. The summed E-state index contributed by atoms with van der Waals surface area (Å²) in [6.07, 6.45) is 0.853. The van der Waals surface area contributed by atoms with Crippen molar-refractivity contribution in [3.05, 3.63) is 83.2 Å². The zero-order valence-corrected chi connectivity index (χ0v) is 17.4. The summed E-state index contributed by atoms with van der Waals surface area (Å²) >= 11 is 0. The minimum atomic E-state index is -0.206. The van der Waals surface area contributed by atoms with Gasteiger partial charge in [0.2, 0.25) is 0 Å². The van der Waals surface area contributed by atoms with Crippen LogP contribution < -0.4 is 15.1 Å². The highest BCUT2D eigenvalue weighted by Crippen LogP contribution is 2.31. The Hall–Kier alpha value is -3.54. The van der Waals surface area contributed by atoms with E-state index in [1.807, 2.05) is 51.1 Å². The van der Waals surface area contributed by atoms with Crippen molar-refractivity contribution in [2.45, 2.75) is 33.2 Å². The second-order valence-electron chi connectivity index (χ2n) is 7.65. The first-order valence-electron chi connectivity index (χ1n) is 10.0. The molecule has 1 aromatic heterocycles. The number of ether oxygens (including phenoxy) is 1. The second-order valence-corrected chi connectivity index (χ2v) is 7.65. The van der Waals surface area contributed by atoms with Gasteiger partial charge in [-0.2, -0.15) is 0 Å². The molecule has 0 saturated heterocycles. The summed E-state index contributed by atoms with van der Waals surface area (Å²) in [5.74, 6) is 0.267. The van der Waals surface area contributed by atoms with Crippen LogP contribution in [-0.4, -0.2) is 29.1 Å². The zero-order valence-electron chi connectivity index (χ0n) is 17.4. The molecule has 154 valence electrons. The number of amides is 2. The maximum absolute atomic E-state index is 12.7. The van der Waals surface area contributed by atoms with Crippen LogP contribution in [0.2, 0.25) is 0 Å². The Balaban J connectivity index is 1.37. The van der Waals surface area contributed by atoms with Crippen molar-refractivity contribution >= 4 is 17.5 Å². The fourth-order valence-corrected chi connectivity index (χ4v) is 3.87. The monoisotopic (exact) mass is 403 g/mol. The predicted molar refractivity (Wildman–Crippen MR) is 117 cm³/mol. The van der Waals surface area contributed by atoms with Crippen LogP contribution in [0.3, 0.4) is 0 Å². The molecule has 0 radical (unpaired) electrons. The van der Waals surface area contributed by atoms with E-state index in [9.17, 15) is 9.59 Å². The number of hydrogen-bond donors (Lipinski definition) is 1. The Labute approximate surface area is 176 Å². The summed E-state index contributed by atoms with van der Waals surface area (Å²) in [6.45, 7) is 5.85. The van der Waals surface area contributed by atoms with Crippen LogP contribution >= 0.6 is 0 Å². The minimum absolute atomic E-state index is 0.0496. The van der Waals surface area contributed by atoms with E-state index in [4.69, 9.17) is 4.74 Å². The van der Waals surface area contributed by atoms with Crippen molar-refractivity contribution in [3.8, 4) is 5.75 Å². The van der Waals surface area contributed by atoms with E-state index in [2.05, 4.69) is 11.5 Å². The first-order chi connectivity index (χ1) is 14.4. The van der Waals surface area contributed by atoms with Gasteiger partial charge in [-0.25, -0.2) is 0 Å². The normalized spacial score (nSPS) is 15.0. The van der Waals surface area contributed by atoms with Crippen molar-refractivity contribution in [2.75, 3.05) is 16.9 Å². The van der Waals surface area contributed by atoms with Gasteiger partial charge in [0.1, 0.15) is 5.75 Å². The summed E-state index contributed by atoms with van der Waals surface area (Å²) in [5, 5.41) is 0. The quantitative estimate of drug-likeness (QED) is 0.704. The Kier molecular flexibility index (Phi) is 5.31. The Morgan fingerprint density at radius 1 is 1.00 bits per heavy atom. The third kappa shape index (κ3) is 3.81. The molecule has 6 heteroatoms. The zero-order chi connectivity index (χ0) is 21.3. The maximum Gasteiger partial charge on any atom is 0.270 e. The number of rotatable bonds is 5. The lowest BCUT2D eigenvalue weighted by atomic mass is 10.1. The highest BCUT2D eigenvalue weighted by molar-refractivity contribution is 6.00. The number of para-hydroxylation sites is 1. The van der Waals surface area contributed by atoms with Crippen LogP contribution in [-0.2, 0) is 11.2 Å². The molecule has 0 spiro atoms. The van der Waals surface area contributed by atoms with E-state index in [0.717, 1.165) is 23.5 Å². The number of hydrogen-bond acceptors (Lipinski definition) is 3. The van der Waals surface area contributed by atoms with Crippen LogP contribution in [0.1, 0.15) is 34.2 Å². The number of aromatic nitrogens is 1. The molecule has 0 saturated carbocycles. The van der Waals surface area contributed by atoms with Crippen LogP contribution in [0.5, 0.6) is 5.75 Å². The van der Waals surface area contributed by atoms with Gasteiger partial charge in [-0.05, 0) is 75.2 Å². The van der Waals surface area contributed by atoms with Gasteiger partial charge in [0.05, 0.1) is 0 Å². The van der Waals surface area contributed by atoms with E-state index in [-0.39, 0.29) is 24.5 Å². The first-order valence-corrected chi connectivity index (χ1v) is 10.0. The molecule has 2 heterocycles. The van der Waals surface area contributed by atoms with Crippen molar-refractivity contribution in [2.24, 2.45) is 0 Å². The Morgan fingerprint density at radius 3 is 2.37 bits per heavy atom. The number of nitrogens with zero attached hydrogens (tertiary/aromatic N) is 2. The largest absolute Gasteiger partial charge is 0.484 e. The number of carbonyl (C=O) groups is 2. The van der Waals surface area contributed by atoms with Gasteiger partial charge in [-0.15, -0.1) is 0 Å². The van der Waals surface area contributed by atoms with Gasteiger partial charge in [-0.1, -0.05) is 18.2 Å². The molecule has 2 amide bonds. The lowest BCUT2D eigenvalue weighted by molar-refractivity contribution is -0.120. The van der Waals surface area contributed by atoms with Gasteiger partial charge in [0, 0.05) is 28.7 Å². The molecular weight excluding hydrogens is 378 g/mol. The van der Waals surface area contributed by atoms with Gasteiger partial charge in [-0.3, -0.25) is 19.7 Å². The number of anilines is 1. The van der Waals surface area contributed by atoms with E-state index >= 15 is 0 Å². The standard InChI is InChI=1S/C24H25N3O3/c1-16-8-9-17(2)27(16)25-24(29)19-10-12-21(13-11-19)30-15-23(28)26-18(3)14-20-6-4-5-7-22(20)26/h4-13,18H,14-15H2,1-3H3,(H,25,29)/t18-/m1/s1. The minimum Gasteiger partial charge on any atom is -0.484 e. The molecule has 2 aromatic carbocycles. The highest BCUT2D eigenvalue weighted by atomic mass is 16.5. The van der Waals surface area contributed by atoms with Gasteiger partial charge in [0.15, 0.2) is 6.61 Å². The molecule has 1 aliphatic rings. The third-order valence-electron chi connectivity index (χ3n) is 5.44. The molecule has 0 bridgehead atoms. The molecule has 4 rings (SSSR count). The molecule has 1 N–H and O–H groups in total. The molecule has 0 unspecified atom stereocenters. The third-order valence-corrected chi connectivity index (χ3v) is 5.44. The number of fused-ring (bicyclic) bond motifs is 1. The lowest BCUT2D eigenvalue weighted by Crippen LogP contribution is -2.39. The van der Waals surface area contributed by atoms with E-state index < -0.39 is 0 Å². The van der Waals surface area contributed by atoms with Crippen LogP contribution in [0.4, 0.5) is 5.69 Å². The van der Waals surface area contributed by atoms with Crippen LogP contribution in [0, 0.1) is 13.8 Å². The molecule has 6 nitrogen and oxygen atoms in total. The molecule has 0 fully saturated rings. The van der Waals surface area contributed by atoms with Crippen molar-refractivity contribution in [1.82, 2.24) is 4.68 Å². The average molecular weight is 403 g/mol. The van der Waals surface area contributed by atoms with Crippen LogP contribution in [0.25, 0.3) is 0 Å². The van der Waals surface area contributed by atoms with E-state index in [1.54, 1.807) is 33.8 Å². The number of aryl methyl sites for hydroxylation is 2. The summed E-state index contributed by atoms with van der Waals surface area (Å²) < 4.78 is 7.44. The highest BCUT2D eigenvalue weighted by Gasteiger charge is 2.30. The van der Waals surface area contributed by atoms with Crippen molar-refractivity contribution in [3.63, 3.8) is 0 Å². The predicted octanol–water partition coefficient (Wildman–Crippen LogP) is 3.85. The molecule has 0 aliphatic carbocycles.